The molecular formula is C21H19Cl2N3O3. The average molecular weight is 432 g/mol. The van der Waals surface area contributed by atoms with Crippen molar-refractivity contribution in [2.45, 2.75) is 20.0 Å². The molecule has 1 N–H and O–H groups in total. The molecule has 6 nitrogen and oxygen atoms in total. The van der Waals surface area contributed by atoms with Crippen LogP contribution in [-0.4, -0.2) is 28.3 Å². The van der Waals surface area contributed by atoms with Gasteiger partial charge in [-0.3, -0.25) is 4.79 Å². The minimum atomic E-state index is -0.701. The van der Waals surface area contributed by atoms with Gasteiger partial charge in [0.1, 0.15) is 10.7 Å². The van der Waals surface area contributed by atoms with Crippen LogP contribution < -0.4 is 5.32 Å². The van der Waals surface area contributed by atoms with Gasteiger partial charge >= 0.3 is 5.97 Å². The van der Waals surface area contributed by atoms with Crippen molar-refractivity contribution >= 4 is 35.1 Å². The second-order valence-corrected chi connectivity index (χ2v) is 7.10. The lowest BCUT2D eigenvalue weighted by atomic mass is 10.2. The fourth-order valence-corrected chi connectivity index (χ4v) is 3.24. The summed E-state index contributed by atoms with van der Waals surface area (Å²) in [4.78, 5) is 24.4. The molecule has 3 aromatic rings. The van der Waals surface area contributed by atoms with Crippen LogP contribution >= 0.6 is 23.2 Å². The number of nitrogens with zero attached hydrogens (tertiary/aromatic N) is 2. The largest absolute Gasteiger partial charge is 0.452 e. The number of carbonyl (C=O) groups excluding carboxylic acids is 2. The Bertz CT molecular complexity index is 1020. The molecule has 0 unspecified atom stereocenters. The molecule has 150 valence electrons. The van der Waals surface area contributed by atoms with E-state index in [9.17, 15) is 9.59 Å². The van der Waals surface area contributed by atoms with Crippen molar-refractivity contribution in [1.82, 2.24) is 15.1 Å². The first-order valence-electron chi connectivity index (χ1n) is 8.89. The average Bonchev–Trinajstić information content (AvgIpc) is 3.00. The Morgan fingerprint density at radius 3 is 2.48 bits per heavy atom. The molecule has 2 aromatic carbocycles. The molecule has 0 aliphatic heterocycles. The molecule has 3 rings (SSSR count). The number of ether oxygens (including phenoxy) is 1. The van der Waals surface area contributed by atoms with Crippen LogP contribution in [-0.2, 0) is 22.6 Å². The summed E-state index contributed by atoms with van der Waals surface area (Å²) in [6.45, 7) is 1.91. The first-order valence-corrected chi connectivity index (χ1v) is 9.65. The molecule has 1 aromatic heterocycles. The van der Waals surface area contributed by atoms with E-state index in [0.717, 1.165) is 11.1 Å². The molecule has 0 atom stereocenters. The second-order valence-electron chi connectivity index (χ2n) is 6.34. The molecule has 0 saturated heterocycles. The number of halogens is 2. The van der Waals surface area contributed by atoms with E-state index in [1.54, 1.807) is 13.0 Å². The molecule has 1 heterocycles. The van der Waals surface area contributed by atoms with Crippen molar-refractivity contribution in [3.05, 3.63) is 87.2 Å². The number of hydrogen-bond acceptors (Lipinski definition) is 4. The molecule has 0 fully saturated rings. The van der Waals surface area contributed by atoms with Crippen molar-refractivity contribution < 1.29 is 14.3 Å². The van der Waals surface area contributed by atoms with E-state index in [-0.39, 0.29) is 10.7 Å². The smallest absolute Gasteiger partial charge is 0.343 e. The number of aryl methyl sites for hydroxylation is 1. The minimum Gasteiger partial charge on any atom is -0.452 e. The molecule has 0 bridgehead atoms. The Hall–Kier alpha value is -2.83. The summed E-state index contributed by atoms with van der Waals surface area (Å²) in [5, 5.41) is 7.71. The van der Waals surface area contributed by atoms with Crippen LogP contribution in [0.4, 0.5) is 0 Å². The van der Waals surface area contributed by atoms with Crippen LogP contribution in [0.25, 0.3) is 0 Å². The zero-order chi connectivity index (χ0) is 20.8. The quantitative estimate of drug-likeness (QED) is 0.573. The fraction of sp³-hybridized carbons (Fsp3) is 0.190. The summed E-state index contributed by atoms with van der Waals surface area (Å²) in [5.41, 5.74) is 2.32. The number of carbonyl (C=O) groups is 2. The van der Waals surface area contributed by atoms with Gasteiger partial charge in [-0.1, -0.05) is 71.7 Å². The van der Waals surface area contributed by atoms with Gasteiger partial charge in [0.2, 0.25) is 0 Å². The van der Waals surface area contributed by atoms with Crippen LogP contribution in [0.15, 0.2) is 54.6 Å². The van der Waals surface area contributed by atoms with E-state index in [1.165, 1.54) is 4.68 Å². The topological polar surface area (TPSA) is 73.2 Å². The Kier molecular flexibility index (Phi) is 6.90. The number of esters is 1. The van der Waals surface area contributed by atoms with E-state index < -0.39 is 18.5 Å². The number of rotatable bonds is 7. The highest BCUT2D eigenvalue weighted by molar-refractivity contribution is 6.33. The lowest BCUT2D eigenvalue weighted by molar-refractivity contribution is -0.124. The number of nitrogens with one attached hydrogen (secondary N) is 1. The first kappa shape index (κ1) is 20.9. The van der Waals surface area contributed by atoms with Crippen molar-refractivity contribution in [3.8, 4) is 0 Å². The van der Waals surface area contributed by atoms with Crippen LogP contribution in [0.2, 0.25) is 10.2 Å². The van der Waals surface area contributed by atoms with Gasteiger partial charge in [-0.15, -0.1) is 0 Å². The molecule has 1 amide bonds. The van der Waals surface area contributed by atoms with Gasteiger partial charge in [0.05, 0.1) is 12.2 Å². The molecule has 0 aliphatic carbocycles. The summed E-state index contributed by atoms with van der Waals surface area (Å²) >= 11 is 12.5. The lowest BCUT2D eigenvalue weighted by Gasteiger charge is -2.07. The normalized spacial score (nSPS) is 10.6. The zero-order valence-corrected chi connectivity index (χ0v) is 17.2. The van der Waals surface area contributed by atoms with E-state index in [2.05, 4.69) is 10.4 Å². The van der Waals surface area contributed by atoms with Gasteiger partial charge in [-0.25, -0.2) is 9.48 Å². The van der Waals surface area contributed by atoms with Gasteiger partial charge in [0, 0.05) is 11.6 Å². The Morgan fingerprint density at radius 1 is 1.07 bits per heavy atom. The maximum absolute atomic E-state index is 12.4. The Morgan fingerprint density at radius 2 is 1.76 bits per heavy atom. The van der Waals surface area contributed by atoms with Crippen LogP contribution in [0.5, 0.6) is 0 Å². The van der Waals surface area contributed by atoms with Crippen LogP contribution in [0.1, 0.15) is 27.2 Å². The predicted octanol–water partition coefficient (Wildman–Crippen LogP) is 4.02. The maximum atomic E-state index is 12.4. The van der Waals surface area contributed by atoms with Crippen molar-refractivity contribution in [2.75, 3.05) is 6.61 Å². The van der Waals surface area contributed by atoms with Gasteiger partial charge in [-0.2, -0.15) is 5.10 Å². The number of hydrogen-bond donors (Lipinski definition) is 1. The van der Waals surface area contributed by atoms with Crippen LogP contribution in [0, 0.1) is 6.92 Å². The predicted molar refractivity (Wildman–Crippen MR) is 111 cm³/mol. The highest BCUT2D eigenvalue weighted by Gasteiger charge is 2.22. The van der Waals surface area contributed by atoms with E-state index in [4.69, 9.17) is 27.9 Å². The molecule has 29 heavy (non-hydrogen) atoms. The van der Waals surface area contributed by atoms with Gasteiger partial charge in [0.15, 0.2) is 6.61 Å². The number of aromatic nitrogens is 2. The van der Waals surface area contributed by atoms with Gasteiger partial charge in [-0.05, 0) is 24.1 Å². The number of benzene rings is 2. The molecule has 0 spiro atoms. The second kappa shape index (κ2) is 9.58. The zero-order valence-electron chi connectivity index (χ0n) is 15.7. The SMILES string of the molecule is Cc1nn(Cc2ccccc2Cl)c(Cl)c1C(=O)OCC(=O)NCc1ccccc1. The van der Waals surface area contributed by atoms with Crippen molar-refractivity contribution in [1.29, 1.82) is 0 Å². The molecule has 8 heteroatoms. The number of amides is 1. The van der Waals surface area contributed by atoms with Gasteiger partial charge in [0.25, 0.3) is 5.91 Å². The van der Waals surface area contributed by atoms with Crippen molar-refractivity contribution in [2.24, 2.45) is 0 Å². The molecule has 0 saturated carbocycles. The Labute approximate surface area is 178 Å². The summed E-state index contributed by atoms with van der Waals surface area (Å²) in [6, 6.07) is 16.7. The highest BCUT2D eigenvalue weighted by Crippen LogP contribution is 2.24. The highest BCUT2D eigenvalue weighted by atomic mass is 35.5. The van der Waals surface area contributed by atoms with Gasteiger partial charge < -0.3 is 10.1 Å². The molecular weight excluding hydrogens is 413 g/mol. The minimum absolute atomic E-state index is 0.134. The van der Waals surface area contributed by atoms with Crippen molar-refractivity contribution in [3.63, 3.8) is 0 Å². The third kappa shape index (κ3) is 5.37. The fourth-order valence-electron chi connectivity index (χ4n) is 2.73. The Balaban J connectivity index is 1.60. The first-order chi connectivity index (χ1) is 14.0. The van der Waals surface area contributed by atoms with Crippen LogP contribution in [0.3, 0.4) is 0 Å². The third-order valence-corrected chi connectivity index (χ3v) is 4.97. The summed E-state index contributed by atoms with van der Waals surface area (Å²) < 4.78 is 6.59. The lowest BCUT2D eigenvalue weighted by Crippen LogP contribution is -2.28. The summed E-state index contributed by atoms with van der Waals surface area (Å²) in [6.07, 6.45) is 0. The molecule has 0 aliphatic rings. The summed E-state index contributed by atoms with van der Waals surface area (Å²) in [5.74, 6) is -1.10. The monoisotopic (exact) mass is 431 g/mol. The van der Waals surface area contributed by atoms with E-state index in [0.29, 0.717) is 23.8 Å². The van der Waals surface area contributed by atoms with E-state index in [1.807, 2.05) is 48.5 Å². The van der Waals surface area contributed by atoms with E-state index >= 15 is 0 Å². The maximum Gasteiger partial charge on any atom is 0.343 e. The summed E-state index contributed by atoms with van der Waals surface area (Å²) in [7, 11) is 0. The third-order valence-electron chi connectivity index (χ3n) is 4.21. The standard InChI is InChI=1S/C21H19Cl2N3O3/c1-14-19(20(23)26(25-14)12-16-9-5-6-10-17(16)22)21(28)29-13-18(27)24-11-15-7-3-2-4-8-15/h2-10H,11-13H2,1H3,(H,24,27). The molecule has 0 radical (unpaired) electrons.